The molecule has 3 fully saturated rings. The second kappa shape index (κ2) is 14.6. The van der Waals surface area contributed by atoms with E-state index in [1.54, 1.807) is 4.90 Å². The highest BCUT2D eigenvalue weighted by atomic mass is 79.9. The number of carbonyl (C=O) groups is 2. The summed E-state index contributed by atoms with van der Waals surface area (Å²) < 4.78 is 9.31. The summed E-state index contributed by atoms with van der Waals surface area (Å²) in [4.78, 5) is 46.5. The van der Waals surface area contributed by atoms with Gasteiger partial charge in [0.2, 0.25) is 0 Å². The number of H-pyrrole nitrogens is 1. The number of aromatic amines is 1. The van der Waals surface area contributed by atoms with Crippen LogP contribution >= 0.6 is 31.9 Å². The lowest BCUT2D eigenvalue weighted by atomic mass is 9.79. The maximum Gasteiger partial charge on any atom is 0.410 e. The molecule has 0 unspecified atom stereocenters. The molecule has 3 saturated heterocycles. The predicted octanol–water partition coefficient (Wildman–Crippen LogP) is 5.39. The van der Waals surface area contributed by atoms with Gasteiger partial charge in [-0.2, -0.15) is 0 Å². The van der Waals surface area contributed by atoms with Crippen LogP contribution in [-0.4, -0.2) is 81.9 Å². The van der Waals surface area contributed by atoms with Gasteiger partial charge in [0.05, 0.1) is 6.04 Å². The normalized spacial score (nSPS) is 19.4. The lowest BCUT2D eigenvalue weighted by Crippen LogP contribution is -2.49. The summed E-state index contributed by atoms with van der Waals surface area (Å²) in [5.41, 5.74) is 1.50. The lowest BCUT2D eigenvalue weighted by Gasteiger charge is -2.39. The van der Waals surface area contributed by atoms with Gasteiger partial charge in [0.15, 0.2) is 11.9 Å². The van der Waals surface area contributed by atoms with E-state index in [9.17, 15) is 14.4 Å². The van der Waals surface area contributed by atoms with Crippen LogP contribution in [0.3, 0.4) is 0 Å². The maximum atomic E-state index is 13.9. The number of piperidine rings is 3. The van der Waals surface area contributed by atoms with Crippen molar-refractivity contribution in [1.29, 1.82) is 0 Å². The van der Waals surface area contributed by atoms with Gasteiger partial charge in [-0.25, -0.2) is 14.3 Å². The first-order valence-corrected chi connectivity index (χ1v) is 17.6. The second-order valence-electron chi connectivity index (χ2n) is 12.4. The molecule has 240 valence electrons. The Bertz CT molecular complexity index is 1520. The van der Waals surface area contributed by atoms with Crippen molar-refractivity contribution >= 4 is 43.9 Å². The molecule has 4 heterocycles. The smallest absolute Gasteiger partial charge is 0.410 e. The van der Waals surface area contributed by atoms with Crippen LogP contribution in [0.5, 0.6) is 0 Å². The largest absolute Gasteiger partial charge is 0.436 e. The van der Waals surface area contributed by atoms with Crippen molar-refractivity contribution in [2.75, 3.05) is 39.3 Å². The number of nitrogens with one attached hydrogen (secondary N) is 2. The third-order valence-corrected chi connectivity index (χ3v) is 11.5. The first-order valence-electron chi connectivity index (χ1n) is 16.0. The Kier molecular flexibility index (Phi) is 10.4. The first kappa shape index (κ1) is 32.0. The monoisotopic (exact) mass is 742 g/mol. The first-order chi connectivity index (χ1) is 21.9. The minimum atomic E-state index is -0.916. The summed E-state index contributed by atoms with van der Waals surface area (Å²) in [5, 5.41) is 7.99. The lowest BCUT2D eigenvalue weighted by molar-refractivity contribution is -0.142. The summed E-state index contributed by atoms with van der Waals surface area (Å²) in [7, 11) is 0. The molecule has 0 spiro atoms. The van der Waals surface area contributed by atoms with E-state index in [1.807, 2.05) is 53.4 Å². The van der Waals surface area contributed by atoms with Crippen molar-refractivity contribution in [2.45, 2.75) is 57.1 Å². The molecule has 1 atom stereocenters. The van der Waals surface area contributed by atoms with Gasteiger partial charge in [0.25, 0.3) is 5.91 Å². The molecule has 0 bridgehead atoms. The van der Waals surface area contributed by atoms with Gasteiger partial charge in [0.1, 0.15) is 0 Å². The highest BCUT2D eigenvalue weighted by Crippen LogP contribution is 2.32. The molecule has 1 aromatic heterocycles. The van der Waals surface area contributed by atoms with Crippen LogP contribution in [0.15, 0.2) is 62.3 Å². The van der Waals surface area contributed by atoms with E-state index in [1.165, 1.54) is 17.5 Å². The van der Waals surface area contributed by atoms with Crippen LogP contribution in [0.1, 0.15) is 50.1 Å². The van der Waals surface area contributed by atoms with E-state index in [0.29, 0.717) is 57.2 Å². The van der Waals surface area contributed by atoms with Crippen LogP contribution < -0.4 is 11.0 Å². The molecule has 3 aliphatic heterocycles. The van der Waals surface area contributed by atoms with E-state index < -0.39 is 12.2 Å². The number of carbonyl (C=O) groups excluding carboxylic acids is 2. The van der Waals surface area contributed by atoms with Crippen molar-refractivity contribution in [1.82, 2.24) is 29.9 Å². The third kappa shape index (κ3) is 7.72. The zero-order valence-corrected chi connectivity index (χ0v) is 28.5. The Morgan fingerprint density at radius 2 is 1.53 bits per heavy atom. The summed E-state index contributed by atoms with van der Waals surface area (Å²) in [5.74, 6) is 1.77. The van der Waals surface area contributed by atoms with E-state index in [0.717, 1.165) is 51.9 Å². The standard InChI is InChI=1S/C33H40Br2N6O4/c34-27-7-6-22(20-28(27)35)21-29(31(42)39-16-10-24(11-17-39)23-8-14-36-15-9-23)45-33(44)40-18-12-26(13-19-40)41-32(43)37-30(38-41)25-4-2-1-3-5-25/h1-7,20,23-24,26,29,36H,8-19,21H2,(H,37,38,43)/t29-/m1/s1. The number of aromatic nitrogens is 3. The Balaban J connectivity index is 1.09. The molecule has 0 saturated carbocycles. The van der Waals surface area contributed by atoms with Crippen molar-refractivity contribution in [3.05, 3.63) is 73.5 Å². The van der Waals surface area contributed by atoms with Gasteiger partial charge in [-0.15, -0.1) is 5.10 Å². The zero-order chi connectivity index (χ0) is 31.3. The van der Waals surface area contributed by atoms with E-state index in [2.05, 4.69) is 47.3 Å². The van der Waals surface area contributed by atoms with Gasteiger partial charge >= 0.3 is 11.8 Å². The van der Waals surface area contributed by atoms with Gasteiger partial charge in [-0.1, -0.05) is 36.4 Å². The van der Waals surface area contributed by atoms with Crippen molar-refractivity contribution in [3.8, 4) is 11.4 Å². The molecule has 2 aromatic carbocycles. The molecular formula is C33H40Br2N6O4. The number of nitrogens with zero attached hydrogens (tertiary/aromatic N) is 4. The molecule has 45 heavy (non-hydrogen) atoms. The Morgan fingerprint density at radius 3 is 2.22 bits per heavy atom. The van der Waals surface area contributed by atoms with Crippen LogP contribution in [0.4, 0.5) is 4.79 Å². The minimum Gasteiger partial charge on any atom is -0.436 e. The van der Waals surface area contributed by atoms with E-state index in [4.69, 9.17) is 4.74 Å². The quantitative estimate of drug-likeness (QED) is 0.336. The second-order valence-corrected chi connectivity index (χ2v) is 14.1. The number of hydrogen-bond donors (Lipinski definition) is 2. The summed E-state index contributed by atoms with van der Waals surface area (Å²) in [6.45, 7) is 4.37. The molecule has 3 aliphatic rings. The zero-order valence-electron chi connectivity index (χ0n) is 25.3. The van der Waals surface area contributed by atoms with Gasteiger partial charge in [-0.05, 0) is 113 Å². The van der Waals surface area contributed by atoms with Crippen molar-refractivity contribution < 1.29 is 14.3 Å². The fourth-order valence-corrected chi connectivity index (χ4v) is 7.64. The SMILES string of the molecule is O=C(O[C@H](Cc1ccc(Br)c(Br)c1)C(=O)N1CCC(C2CCNCC2)CC1)N1CCC(n2nc(-c3ccccc3)[nH]c2=O)CC1. The number of hydrogen-bond acceptors (Lipinski definition) is 6. The third-order valence-electron chi connectivity index (χ3n) is 9.58. The summed E-state index contributed by atoms with van der Waals surface area (Å²) in [6, 6.07) is 15.2. The predicted molar refractivity (Wildman–Crippen MR) is 179 cm³/mol. The number of benzene rings is 2. The average molecular weight is 745 g/mol. The van der Waals surface area contributed by atoms with E-state index in [-0.39, 0.29) is 17.6 Å². The molecule has 2 N–H and O–H groups in total. The van der Waals surface area contributed by atoms with Crippen LogP contribution in [0, 0.1) is 11.8 Å². The molecular weight excluding hydrogens is 704 g/mol. The van der Waals surface area contributed by atoms with Gasteiger partial charge in [-0.3, -0.25) is 9.78 Å². The fraction of sp³-hybridized carbons (Fsp3) is 0.515. The maximum absolute atomic E-state index is 13.9. The molecule has 6 rings (SSSR count). The minimum absolute atomic E-state index is 0.127. The summed E-state index contributed by atoms with van der Waals surface area (Å²) >= 11 is 7.07. The summed E-state index contributed by atoms with van der Waals surface area (Å²) in [6.07, 6.45) is 4.42. The van der Waals surface area contributed by atoms with Crippen LogP contribution in [0.25, 0.3) is 11.4 Å². The molecule has 3 aromatic rings. The number of amides is 2. The van der Waals surface area contributed by atoms with Gasteiger partial charge < -0.3 is 19.9 Å². The van der Waals surface area contributed by atoms with Crippen molar-refractivity contribution in [3.63, 3.8) is 0 Å². The molecule has 12 heteroatoms. The van der Waals surface area contributed by atoms with E-state index >= 15 is 0 Å². The number of rotatable bonds is 7. The fourth-order valence-electron chi connectivity index (χ4n) is 6.97. The Hall–Kier alpha value is -2.96. The molecule has 2 amide bonds. The topological polar surface area (TPSA) is 113 Å². The Morgan fingerprint density at radius 1 is 0.867 bits per heavy atom. The highest BCUT2D eigenvalue weighted by Gasteiger charge is 2.35. The van der Waals surface area contributed by atoms with Crippen LogP contribution in [0.2, 0.25) is 0 Å². The molecule has 0 radical (unpaired) electrons. The average Bonchev–Trinajstić information content (AvgIpc) is 3.48. The highest BCUT2D eigenvalue weighted by molar-refractivity contribution is 9.13. The number of likely N-dealkylation sites (tertiary alicyclic amines) is 2. The van der Waals surface area contributed by atoms with Gasteiger partial charge in [0, 0.05) is 47.1 Å². The molecule has 10 nitrogen and oxygen atoms in total. The van der Waals surface area contributed by atoms with Crippen molar-refractivity contribution in [2.24, 2.45) is 11.8 Å². The number of halogens is 2. The Labute approximate surface area is 280 Å². The number of ether oxygens (including phenoxy) is 1. The molecule has 0 aliphatic carbocycles. The van der Waals surface area contributed by atoms with Crippen LogP contribution in [-0.2, 0) is 16.0 Å².